The van der Waals surface area contributed by atoms with Gasteiger partial charge >= 0.3 is 0 Å². The summed E-state index contributed by atoms with van der Waals surface area (Å²) in [6, 6.07) is 0.0327. The summed E-state index contributed by atoms with van der Waals surface area (Å²) in [4.78, 5) is 13.9. The highest BCUT2D eigenvalue weighted by atomic mass is 16.2. The molecule has 2 unspecified atom stereocenters. The molecule has 0 radical (unpaired) electrons. The summed E-state index contributed by atoms with van der Waals surface area (Å²) in [6.07, 6.45) is 5.17. The molecule has 2 fully saturated rings. The first-order valence-corrected chi connectivity index (χ1v) is 5.79. The predicted molar refractivity (Wildman–Crippen MR) is 55.7 cm³/mol. The number of nitrogens with one attached hydrogen (secondary N) is 1. The largest absolute Gasteiger partial charge is 0.326 e. The maximum atomic E-state index is 11.8. The van der Waals surface area contributed by atoms with Gasteiger partial charge in [0.25, 0.3) is 0 Å². The lowest BCUT2D eigenvalue weighted by Gasteiger charge is -2.23. The Morgan fingerprint density at radius 3 is 2.79 bits per heavy atom. The fourth-order valence-corrected chi connectivity index (χ4v) is 2.16. The van der Waals surface area contributed by atoms with E-state index < -0.39 is 0 Å². The monoisotopic (exact) mass is 196 g/mol. The summed E-state index contributed by atoms with van der Waals surface area (Å²) in [5.74, 6) is 1.10. The number of rotatable bonds is 4. The minimum atomic E-state index is 0.0327. The van der Waals surface area contributed by atoms with E-state index in [1.807, 2.05) is 6.92 Å². The van der Waals surface area contributed by atoms with E-state index >= 15 is 0 Å². The lowest BCUT2D eigenvalue weighted by atomic mass is 10.2. The van der Waals surface area contributed by atoms with Gasteiger partial charge in [-0.3, -0.25) is 10.1 Å². The van der Waals surface area contributed by atoms with Crippen molar-refractivity contribution in [3.63, 3.8) is 0 Å². The number of hydrogen-bond acceptors (Lipinski definition) is 2. The molecule has 1 N–H and O–H groups in total. The third-order valence-corrected chi connectivity index (χ3v) is 3.19. The second-order valence-corrected chi connectivity index (χ2v) is 4.63. The van der Waals surface area contributed by atoms with Crippen molar-refractivity contribution >= 4 is 5.91 Å². The highest BCUT2D eigenvalue weighted by molar-refractivity contribution is 5.83. The fourth-order valence-electron chi connectivity index (χ4n) is 2.16. The van der Waals surface area contributed by atoms with Gasteiger partial charge in [-0.2, -0.15) is 0 Å². The summed E-state index contributed by atoms with van der Waals surface area (Å²) in [5, 5.41) is 3.36. The topological polar surface area (TPSA) is 32.3 Å². The van der Waals surface area contributed by atoms with Crippen LogP contribution >= 0.6 is 0 Å². The van der Waals surface area contributed by atoms with Gasteiger partial charge < -0.3 is 4.90 Å². The number of carbonyl (C=O) groups is 1. The van der Waals surface area contributed by atoms with Gasteiger partial charge in [-0.1, -0.05) is 13.3 Å². The molecule has 80 valence electrons. The zero-order valence-electron chi connectivity index (χ0n) is 9.12. The quantitative estimate of drug-likeness (QED) is 0.736. The predicted octanol–water partition coefficient (Wildman–Crippen LogP) is 1.34. The van der Waals surface area contributed by atoms with Crippen molar-refractivity contribution in [3.8, 4) is 0 Å². The number of nitrogens with zero attached hydrogens (tertiary/aromatic N) is 1. The van der Waals surface area contributed by atoms with Crippen LogP contribution in [0.2, 0.25) is 0 Å². The molecule has 2 rings (SSSR count). The average Bonchev–Trinajstić information content (AvgIpc) is 2.91. The second-order valence-electron chi connectivity index (χ2n) is 4.63. The van der Waals surface area contributed by atoms with Crippen LogP contribution in [0.3, 0.4) is 0 Å². The Morgan fingerprint density at radius 2 is 2.21 bits per heavy atom. The zero-order valence-corrected chi connectivity index (χ0v) is 9.12. The first-order chi connectivity index (χ1) is 6.72. The van der Waals surface area contributed by atoms with E-state index in [1.165, 1.54) is 12.8 Å². The van der Waals surface area contributed by atoms with Crippen molar-refractivity contribution < 1.29 is 4.79 Å². The molecule has 0 aromatic heterocycles. The van der Waals surface area contributed by atoms with E-state index in [9.17, 15) is 4.79 Å². The molecule has 0 spiro atoms. The van der Waals surface area contributed by atoms with Gasteiger partial charge in [0.05, 0.1) is 12.2 Å². The molecule has 0 bridgehead atoms. The molecule has 2 aliphatic rings. The molecule has 14 heavy (non-hydrogen) atoms. The first kappa shape index (κ1) is 9.97. The molecule has 0 aromatic rings. The molecule has 1 saturated carbocycles. The molecule has 1 amide bonds. The van der Waals surface area contributed by atoms with Gasteiger partial charge in [-0.15, -0.1) is 0 Å². The van der Waals surface area contributed by atoms with Crippen LogP contribution in [-0.4, -0.2) is 29.6 Å². The van der Waals surface area contributed by atoms with Crippen molar-refractivity contribution in [2.45, 2.75) is 51.7 Å². The highest BCUT2D eigenvalue weighted by Crippen LogP contribution is 2.31. The Bertz CT molecular complexity index is 225. The highest BCUT2D eigenvalue weighted by Gasteiger charge is 2.38. The van der Waals surface area contributed by atoms with E-state index in [4.69, 9.17) is 0 Å². The molecular weight excluding hydrogens is 176 g/mol. The second kappa shape index (κ2) is 3.89. The van der Waals surface area contributed by atoms with E-state index in [0.29, 0.717) is 12.1 Å². The molecule has 3 nitrogen and oxygen atoms in total. The van der Waals surface area contributed by atoms with Crippen LogP contribution in [0.25, 0.3) is 0 Å². The maximum Gasteiger partial charge on any atom is 0.240 e. The van der Waals surface area contributed by atoms with Crippen molar-refractivity contribution in [1.82, 2.24) is 10.2 Å². The molecule has 1 saturated heterocycles. The van der Waals surface area contributed by atoms with Gasteiger partial charge in [-0.25, -0.2) is 0 Å². The minimum Gasteiger partial charge on any atom is -0.326 e. The summed E-state index contributed by atoms with van der Waals surface area (Å²) >= 11 is 0. The molecule has 3 heteroatoms. The minimum absolute atomic E-state index is 0.0327. The Balaban J connectivity index is 1.96. The Morgan fingerprint density at radius 1 is 1.50 bits per heavy atom. The third kappa shape index (κ3) is 1.92. The molecule has 0 aromatic carbocycles. The molecule has 1 aliphatic carbocycles. The van der Waals surface area contributed by atoms with Gasteiger partial charge in [0.15, 0.2) is 0 Å². The van der Waals surface area contributed by atoms with Crippen LogP contribution in [0, 0.1) is 5.92 Å². The molecular formula is C11H20N2O. The number of amides is 1. The molecule has 1 aliphatic heterocycles. The third-order valence-electron chi connectivity index (χ3n) is 3.19. The van der Waals surface area contributed by atoms with Gasteiger partial charge in [0, 0.05) is 6.54 Å². The van der Waals surface area contributed by atoms with Crippen LogP contribution in [0.15, 0.2) is 0 Å². The molecule has 2 atom stereocenters. The number of carbonyl (C=O) groups excluding carboxylic acids is 1. The average molecular weight is 196 g/mol. The summed E-state index contributed by atoms with van der Waals surface area (Å²) < 4.78 is 0. The van der Waals surface area contributed by atoms with Crippen molar-refractivity contribution in [1.29, 1.82) is 0 Å². The van der Waals surface area contributed by atoms with E-state index in [-0.39, 0.29) is 6.04 Å². The van der Waals surface area contributed by atoms with Gasteiger partial charge in [-0.05, 0) is 32.1 Å². The van der Waals surface area contributed by atoms with Crippen molar-refractivity contribution in [3.05, 3.63) is 0 Å². The van der Waals surface area contributed by atoms with E-state index in [2.05, 4.69) is 17.1 Å². The SMILES string of the molecule is CCCC1NC(C)C(=O)N1CC1CC1. The fraction of sp³-hybridized carbons (Fsp3) is 0.909. The summed E-state index contributed by atoms with van der Waals surface area (Å²) in [7, 11) is 0. The van der Waals surface area contributed by atoms with Crippen LogP contribution in [0.5, 0.6) is 0 Å². The van der Waals surface area contributed by atoms with Crippen molar-refractivity contribution in [2.24, 2.45) is 5.92 Å². The Labute approximate surface area is 85.8 Å². The number of hydrogen-bond donors (Lipinski definition) is 1. The summed E-state index contributed by atoms with van der Waals surface area (Å²) in [5.41, 5.74) is 0. The normalized spacial score (nSPS) is 32.7. The van der Waals surface area contributed by atoms with E-state index in [0.717, 1.165) is 25.3 Å². The molecule has 1 heterocycles. The zero-order chi connectivity index (χ0) is 10.1. The van der Waals surface area contributed by atoms with Gasteiger partial charge in [0.1, 0.15) is 0 Å². The Kier molecular flexibility index (Phi) is 2.77. The van der Waals surface area contributed by atoms with Gasteiger partial charge in [0.2, 0.25) is 5.91 Å². The lowest BCUT2D eigenvalue weighted by Crippen LogP contribution is -2.38. The van der Waals surface area contributed by atoms with Crippen molar-refractivity contribution in [2.75, 3.05) is 6.54 Å². The van der Waals surface area contributed by atoms with Crippen LogP contribution < -0.4 is 5.32 Å². The summed E-state index contributed by atoms with van der Waals surface area (Å²) in [6.45, 7) is 5.13. The standard InChI is InChI=1S/C11H20N2O/c1-3-4-10-12-8(2)11(14)13(10)7-9-5-6-9/h8-10,12H,3-7H2,1-2H3. The van der Waals surface area contributed by atoms with E-state index in [1.54, 1.807) is 0 Å². The Hall–Kier alpha value is -0.570. The smallest absolute Gasteiger partial charge is 0.240 e. The van der Waals surface area contributed by atoms with Crippen LogP contribution in [-0.2, 0) is 4.79 Å². The van der Waals surface area contributed by atoms with Crippen LogP contribution in [0.1, 0.15) is 39.5 Å². The maximum absolute atomic E-state index is 11.8. The lowest BCUT2D eigenvalue weighted by molar-refractivity contribution is -0.130. The first-order valence-electron chi connectivity index (χ1n) is 5.79. The van der Waals surface area contributed by atoms with Crippen LogP contribution in [0.4, 0.5) is 0 Å².